The number of thiazole rings is 1. The SMILES string of the molecule is O=C1CC[C@H](CCNCc2ccc(F)cc2)N1Cc1nc(-c2ccccc2)cs1. The van der Waals surface area contributed by atoms with Crippen LogP contribution >= 0.6 is 11.3 Å². The summed E-state index contributed by atoms with van der Waals surface area (Å²) in [5.41, 5.74) is 3.13. The summed E-state index contributed by atoms with van der Waals surface area (Å²) < 4.78 is 13.0. The van der Waals surface area contributed by atoms with Crippen molar-refractivity contribution in [2.24, 2.45) is 0 Å². The lowest BCUT2D eigenvalue weighted by Gasteiger charge is -2.24. The van der Waals surface area contributed by atoms with Gasteiger partial charge < -0.3 is 10.2 Å². The number of carbonyl (C=O) groups is 1. The number of rotatable bonds is 8. The van der Waals surface area contributed by atoms with Gasteiger partial charge >= 0.3 is 0 Å². The zero-order chi connectivity index (χ0) is 20.1. The van der Waals surface area contributed by atoms with Crippen molar-refractivity contribution >= 4 is 17.2 Å². The second kappa shape index (κ2) is 9.29. The quantitative estimate of drug-likeness (QED) is 0.552. The molecule has 1 aromatic heterocycles. The van der Waals surface area contributed by atoms with Crippen LogP contribution in [0.2, 0.25) is 0 Å². The zero-order valence-electron chi connectivity index (χ0n) is 16.2. The Morgan fingerprint density at radius 3 is 2.72 bits per heavy atom. The van der Waals surface area contributed by atoms with Gasteiger partial charge in [0.2, 0.25) is 5.91 Å². The number of carbonyl (C=O) groups excluding carboxylic acids is 1. The number of aromatic nitrogens is 1. The molecule has 0 bridgehead atoms. The monoisotopic (exact) mass is 409 g/mol. The van der Waals surface area contributed by atoms with E-state index in [1.54, 1.807) is 23.5 Å². The van der Waals surface area contributed by atoms with E-state index >= 15 is 0 Å². The van der Waals surface area contributed by atoms with Crippen molar-refractivity contribution in [3.05, 3.63) is 76.4 Å². The minimum absolute atomic E-state index is 0.213. The van der Waals surface area contributed by atoms with E-state index < -0.39 is 0 Å². The largest absolute Gasteiger partial charge is 0.333 e. The van der Waals surface area contributed by atoms with Crippen LogP contribution in [0.3, 0.4) is 0 Å². The van der Waals surface area contributed by atoms with Crippen LogP contribution in [0.1, 0.15) is 29.8 Å². The first-order valence-electron chi connectivity index (χ1n) is 9.93. The highest BCUT2D eigenvalue weighted by atomic mass is 32.1. The number of hydrogen-bond donors (Lipinski definition) is 1. The van der Waals surface area contributed by atoms with Gasteiger partial charge in [0.25, 0.3) is 0 Å². The van der Waals surface area contributed by atoms with Gasteiger partial charge in [0.1, 0.15) is 10.8 Å². The molecule has 1 atom stereocenters. The van der Waals surface area contributed by atoms with Crippen molar-refractivity contribution in [2.45, 2.75) is 38.4 Å². The topological polar surface area (TPSA) is 45.2 Å². The normalized spacial score (nSPS) is 16.5. The third-order valence-electron chi connectivity index (χ3n) is 5.28. The summed E-state index contributed by atoms with van der Waals surface area (Å²) in [6, 6.07) is 16.9. The summed E-state index contributed by atoms with van der Waals surface area (Å²) in [5.74, 6) is -0.00327. The van der Waals surface area contributed by atoms with E-state index in [1.165, 1.54) is 12.1 Å². The third kappa shape index (κ3) is 5.08. The van der Waals surface area contributed by atoms with Gasteiger partial charge in [-0.15, -0.1) is 11.3 Å². The Hall–Kier alpha value is -2.57. The second-order valence-electron chi connectivity index (χ2n) is 7.30. The molecule has 2 heterocycles. The van der Waals surface area contributed by atoms with Crippen molar-refractivity contribution in [1.82, 2.24) is 15.2 Å². The fourth-order valence-electron chi connectivity index (χ4n) is 3.69. The predicted molar refractivity (Wildman–Crippen MR) is 114 cm³/mol. The van der Waals surface area contributed by atoms with Crippen LogP contribution in [0.4, 0.5) is 4.39 Å². The van der Waals surface area contributed by atoms with E-state index in [9.17, 15) is 9.18 Å². The molecule has 0 unspecified atom stereocenters. The van der Waals surface area contributed by atoms with Crippen molar-refractivity contribution < 1.29 is 9.18 Å². The van der Waals surface area contributed by atoms with E-state index in [-0.39, 0.29) is 17.8 Å². The maximum atomic E-state index is 13.0. The minimum Gasteiger partial charge on any atom is -0.333 e. The molecule has 0 aliphatic carbocycles. The number of benzene rings is 2. The first-order valence-corrected chi connectivity index (χ1v) is 10.8. The number of likely N-dealkylation sites (tertiary alicyclic amines) is 1. The van der Waals surface area contributed by atoms with Gasteiger partial charge in [0.05, 0.1) is 12.2 Å². The Kier molecular flexibility index (Phi) is 6.32. The molecule has 3 aromatic rings. The van der Waals surface area contributed by atoms with Crippen molar-refractivity contribution in [3.8, 4) is 11.3 Å². The molecular weight excluding hydrogens is 385 g/mol. The molecule has 150 valence electrons. The van der Waals surface area contributed by atoms with Gasteiger partial charge in [-0.1, -0.05) is 42.5 Å². The first kappa shape index (κ1) is 19.7. The van der Waals surface area contributed by atoms with Crippen molar-refractivity contribution in [2.75, 3.05) is 6.54 Å². The molecule has 1 aliphatic heterocycles. The highest BCUT2D eigenvalue weighted by Gasteiger charge is 2.31. The predicted octanol–water partition coefficient (Wildman–Crippen LogP) is 4.62. The average Bonchev–Trinajstić information content (AvgIpc) is 3.35. The van der Waals surface area contributed by atoms with E-state index in [2.05, 4.69) is 22.8 Å². The van der Waals surface area contributed by atoms with Crippen LogP contribution in [0.5, 0.6) is 0 Å². The Bertz CT molecular complexity index is 942. The van der Waals surface area contributed by atoms with Crippen LogP contribution < -0.4 is 5.32 Å². The minimum atomic E-state index is -0.216. The fourth-order valence-corrected chi connectivity index (χ4v) is 4.49. The van der Waals surface area contributed by atoms with Gasteiger partial charge in [0.15, 0.2) is 0 Å². The Balaban J connectivity index is 1.30. The van der Waals surface area contributed by atoms with Crippen LogP contribution in [0, 0.1) is 5.82 Å². The zero-order valence-corrected chi connectivity index (χ0v) is 17.0. The Morgan fingerprint density at radius 2 is 1.93 bits per heavy atom. The highest BCUT2D eigenvalue weighted by Crippen LogP contribution is 2.27. The van der Waals surface area contributed by atoms with E-state index in [4.69, 9.17) is 4.98 Å². The average molecular weight is 410 g/mol. The standard InChI is InChI=1S/C23H24FN3OS/c24-19-8-6-17(7-9-19)14-25-13-12-20-10-11-23(28)27(20)15-22-26-21(16-29-22)18-4-2-1-3-5-18/h1-9,16,20,25H,10-15H2/t20-/m1/s1. The maximum Gasteiger partial charge on any atom is 0.223 e. The van der Waals surface area contributed by atoms with Gasteiger partial charge in [-0.05, 0) is 37.1 Å². The molecule has 0 spiro atoms. The van der Waals surface area contributed by atoms with E-state index in [1.807, 2.05) is 23.1 Å². The molecule has 29 heavy (non-hydrogen) atoms. The smallest absolute Gasteiger partial charge is 0.223 e. The van der Waals surface area contributed by atoms with Crippen molar-refractivity contribution in [1.29, 1.82) is 0 Å². The van der Waals surface area contributed by atoms with Crippen LogP contribution in [0.25, 0.3) is 11.3 Å². The summed E-state index contributed by atoms with van der Waals surface area (Å²) in [5, 5.41) is 6.43. The highest BCUT2D eigenvalue weighted by molar-refractivity contribution is 7.09. The molecule has 0 saturated carbocycles. The Morgan fingerprint density at radius 1 is 1.14 bits per heavy atom. The summed E-state index contributed by atoms with van der Waals surface area (Å²) in [4.78, 5) is 19.1. The third-order valence-corrected chi connectivity index (χ3v) is 6.11. The van der Waals surface area contributed by atoms with Gasteiger partial charge in [-0.3, -0.25) is 4.79 Å². The molecule has 2 aromatic carbocycles. The number of hydrogen-bond acceptors (Lipinski definition) is 4. The lowest BCUT2D eigenvalue weighted by molar-refractivity contribution is -0.129. The lowest BCUT2D eigenvalue weighted by atomic mass is 10.1. The molecule has 4 nitrogen and oxygen atoms in total. The number of amides is 1. The van der Waals surface area contributed by atoms with E-state index in [0.717, 1.165) is 41.2 Å². The first-order chi connectivity index (χ1) is 14.2. The lowest BCUT2D eigenvalue weighted by Crippen LogP contribution is -2.34. The van der Waals surface area contributed by atoms with Crippen LogP contribution in [-0.4, -0.2) is 28.4 Å². The van der Waals surface area contributed by atoms with Gasteiger partial charge in [0, 0.05) is 30.0 Å². The molecule has 1 N–H and O–H groups in total. The summed E-state index contributed by atoms with van der Waals surface area (Å²) >= 11 is 1.61. The molecule has 1 amide bonds. The van der Waals surface area contributed by atoms with Crippen LogP contribution in [-0.2, 0) is 17.9 Å². The maximum absolute atomic E-state index is 13.0. The number of nitrogens with zero attached hydrogens (tertiary/aromatic N) is 2. The number of nitrogens with one attached hydrogen (secondary N) is 1. The van der Waals surface area contributed by atoms with Gasteiger partial charge in [-0.25, -0.2) is 9.37 Å². The molecule has 1 fully saturated rings. The fraction of sp³-hybridized carbons (Fsp3) is 0.304. The summed E-state index contributed by atoms with van der Waals surface area (Å²) in [6.07, 6.45) is 2.41. The molecule has 6 heteroatoms. The summed E-state index contributed by atoms with van der Waals surface area (Å²) in [6.45, 7) is 2.10. The van der Waals surface area contributed by atoms with E-state index in [0.29, 0.717) is 19.5 Å². The summed E-state index contributed by atoms with van der Waals surface area (Å²) in [7, 11) is 0. The molecule has 1 saturated heterocycles. The molecule has 0 radical (unpaired) electrons. The van der Waals surface area contributed by atoms with Crippen molar-refractivity contribution in [3.63, 3.8) is 0 Å². The second-order valence-corrected chi connectivity index (χ2v) is 8.24. The van der Waals surface area contributed by atoms with Crippen LogP contribution in [0.15, 0.2) is 60.0 Å². The molecule has 1 aliphatic rings. The molecule has 4 rings (SSSR count). The van der Waals surface area contributed by atoms with Gasteiger partial charge in [-0.2, -0.15) is 0 Å². The molecular formula is C23H24FN3OS. The number of halogens is 1. The Labute approximate surface area is 174 Å².